The second kappa shape index (κ2) is 7.72. The van der Waals surface area contributed by atoms with Gasteiger partial charge in [-0.2, -0.15) is 0 Å². The summed E-state index contributed by atoms with van der Waals surface area (Å²) in [6.07, 6.45) is 4.22. The van der Waals surface area contributed by atoms with E-state index in [2.05, 4.69) is 115 Å². The average molecular weight is 422 g/mol. The highest BCUT2D eigenvalue weighted by molar-refractivity contribution is 6.19. The summed E-state index contributed by atoms with van der Waals surface area (Å²) in [5, 5.41) is 2.58. The molecule has 0 bridgehead atoms. The average Bonchev–Trinajstić information content (AvgIpc) is 3.20. The molecule has 0 radical (unpaired) electrons. The van der Waals surface area contributed by atoms with Crippen LogP contribution < -0.4 is 0 Å². The van der Waals surface area contributed by atoms with E-state index in [9.17, 15) is 0 Å². The molecule has 1 heteroatoms. The Hall–Kier alpha value is -4.23. The first-order valence-electron chi connectivity index (χ1n) is 11.3. The lowest BCUT2D eigenvalue weighted by atomic mass is 9.89. The van der Waals surface area contributed by atoms with Gasteiger partial charge in [0.15, 0.2) is 0 Å². The number of hydrogen-bond donors (Lipinski definition) is 0. The molecule has 0 spiro atoms. The standard InChI is InChI=1S/C32H23N/c1-3-10-29-22(21-11-5-4-6-12-21)17-20-30(32(29)33-2)25-18-19-28-24-14-8-7-13-23(24)26-15-9-16-27(25)31(26)28/h3-20H,2H2,1H3/b10-3-. The molecular weight excluding hydrogens is 398 g/mol. The lowest BCUT2D eigenvalue weighted by Crippen LogP contribution is -1.90. The molecule has 0 N–H and O–H groups in total. The minimum Gasteiger partial charge on any atom is -0.263 e. The van der Waals surface area contributed by atoms with Crippen molar-refractivity contribution in [2.75, 3.05) is 0 Å². The lowest BCUT2D eigenvalue weighted by molar-refractivity contribution is 1.50. The zero-order valence-electron chi connectivity index (χ0n) is 18.5. The molecule has 5 aromatic rings. The Kier molecular flexibility index (Phi) is 4.55. The Labute approximate surface area is 194 Å². The Morgan fingerprint density at radius 1 is 0.576 bits per heavy atom. The SMILES string of the molecule is C=Nc1c(-c2ccc3c4c(cccc24)-c2ccccc2-3)ccc(-c2ccccc2)c1/C=C\C. The van der Waals surface area contributed by atoms with Crippen molar-refractivity contribution < 1.29 is 0 Å². The van der Waals surface area contributed by atoms with Gasteiger partial charge in [-0.3, -0.25) is 4.99 Å². The van der Waals surface area contributed by atoms with Crippen LogP contribution in [-0.2, 0) is 0 Å². The molecule has 0 saturated carbocycles. The van der Waals surface area contributed by atoms with Crippen LogP contribution in [0, 0.1) is 0 Å². The summed E-state index contributed by atoms with van der Waals surface area (Å²) >= 11 is 0. The van der Waals surface area contributed by atoms with E-state index in [-0.39, 0.29) is 0 Å². The van der Waals surface area contributed by atoms with Crippen molar-refractivity contribution in [3.05, 3.63) is 109 Å². The number of hydrogen-bond acceptors (Lipinski definition) is 1. The number of allylic oxidation sites excluding steroid dienone is 1. The van der Waals surface area contributed by atoms with Crippen molar-refractivity contribution in [2.24, 2.45) is 4.99 Å². The first kappa shape index (κ1) is 19.5. The summed E-state index contributed by atoms with van der Waals surface area (Å²) in [4.78, 5) is 4.56. The van der Waals surface area contributed by atoms with Gasteiger partial charge in [-0.1, -0.05) is 109 Å². The highest BCUT2D eigenvalue weighted by atomic mass is 14.7. The fraction of sp³-hybridized carbons (Fsp3) is 0.0312. The van der Waals surface area contributed by atoms with Gasteiger partial charge in [0.2, 0.25) is 0 Å². The van der Waals surface area contributed by atoms with E-state index in [1.54, 1.807) is 0 Å². The van der Waals surface area contributed by atoms with E-state index < -0.39 is 0 Å². The largest absolute Gasteiger partial charge is 0.263 e. The summed E-state index contributed by atoms with van der Waals surface area (Å²) in [6, 6.07) is 34.7. The van der Waals surface area contributed by atoms with Crippen LogP contribution >= 0.6 is 0 Å². The Bertz CT molecular complexity index is 1540. The van der Waals surface area contributed by atoms with Crippen molar-refractivity contribution in [2.45, 2.75) is 6.92 Å². The lowest BCUT2D eigenvalue weighted by Gasteiger charge is -2.16. The third kappa shape index (κ3) is 2.90. The molecule has 0 atom stereocenters. The fourth-order valence-electron chi connectivity index (χ4n) is 5.24. The molecule has 6 rings (SSSR count). The zero-order chi connectivity index (χ0) is 22.4. The maximum Gasteiger partial charge on any atom is 0.0779 e. The number of rotatable bonds is 4. The van der Waals surface area contributed by atoms with Gasteiger partial charge in [0, 0.05) is 11.1 Å². The minimum atomic E-state index is 0.922. The second-order valence-electron chi connectivity index (χ2n) is 8.38. The summed E-state index contributed by atoms with van der Waals surface area (Å²) < 4.78 is 0. The van der Waals surface area contributed by atoms with E-state index >= 15 is 0 Å². The van der Waals surface area contributed by atoms with Crippen LogP contribution in [-0.4, -0.2) is 6.72 Å². The van der Waals surface area contributed by atoms with Crippen LogP contribution in [0.1, 0.15) is 12.5 Å². The fourth-order valence-corrected chi connectivity index (χ4v) is 5.24. The number of nitrogens with zero attached hydrogens (tertiary/aromatic N) is 1. The molecule has 33 heavy (non-hydrogen) atoms. The Morgan fingerprint density at radius 3 is 1.91 bits per heavy atom. The van der Waals surface area contributed by atoms with Crippen molar-refractivity contribution in [1.82, 2.24) is 0 Å². The molecule has 0 aromatic heterocycles. The third-order valence-corrected chi connectivity index (χ3v) is 6.63. The van der Waals surface area contributed by atoms with Crippen LogP contribution in [0.15, 0.2) is 108 Å². The molecule has 0 aliphatic heterocycles. The van der Waals surface area contributed by atoms with E-state index in [0.717, 1.165) is 22.4 Å². The van der Waals surface area contributed by atoms with Gasteiger partial charge < -0.3 is 0 Å². The van der Waals surface area contributed by atoms with Crippen molar-refractivity contribution in [3.63, 3.8) is 0 Å². The highest BCUT2D eigenvalue weighted by Gasteiger charge is 2.23. The zero-order valence-corrected chi connectivity index (χ0v) is 18.5. The van der Waals surface area contributed by atoms with Crippen LogP contribution in [0.3, 0.4) is 0 Å². The molecule has 0 amide bonds. The monoisotopic (exact) mass is 421 g/mol. The van der Waals surface area contributed by atoms with Gasteiger partial charge in [-0.25, -0.2) is 0 Å². The van der Waals surface area contributed by atoms with Gasteiger partial charge in [-0.05, 0) is 63.4 Å². The van der Waals surface area contributed by atoms with Gasteiger partial charge in [-0.15, -0.1) is 0 Å². The maximum atomic E-state index is 4.56. The number of aliphatic imine (C=N–C) groups is 1. The third-order valence-electron chi connectivity index (χ3n) is 6.63. The van der Waals surface area contributed by atoms with E-state index in [0.29, 0.717) is 0 Å². The topological polar surface area (TPSA) is 12.4 Å². The van der Waals surface area contributed by atoms with Gasteiger partial charge in [0.1, 0.15) is 0 Å². The summed E-state index contributed by atoms with van der Waals surface area (Å²) in [5.74, 6) is 0. The minimum absolute atomic E-state index is 0.922. The Balaban J connectivity index is 1.65. The normalized spacial score (nSPS) is 11.8. The highest BCUT2D eigenvalue weighted by Crippen LogP contribution is 2.50. The van der Waals surface area contributed by atoms with Gasteiger partial charge in [0.05, 0.1) is 5.69 Å². The van der Waals surface area contributed by atoms with Crippen molar-refractivity contribution in [1.29, 1.82) is 0 Å². The number of benzene rings is 5. The van der Waals surface area contributed by atoms with E-state index in [1.165, 1.54) is 44.2 Å². The molecule has 0 heterocycles. The van der Waals surface area contributed by atoms with E-state index in [1.807, 2.05) is 13.0 Å². The predicted octanol–water partition coefficient (Wildman–Crippen LogP) is 9.19. The van der Waals surface area contributed by atoms with Gasteiger partial charge in [0.25, 0.3) is 0 Å². The first-order valence-corrected chi connectivity index (χ1v) is 11.3. The molecular formula is C32H23N. The van der Waals surface area contributed by atoms with Crippen LogP contribution in [0.25, 0.3) is 61.4 Å². The second-order valence-corrected chi connectivity index (χ2v) is 8.38. The maximum absolute atomic E-state index is 4.56. The molecule has 156 valence electrons. The van der Waals surface area contributed by atoms with Crippen LogP contribution in [0.5, 0.6) is 0 Å². The molecule has 1 nitrogen and oxygen atoms in total. The Morgan fingerprint density at radius 2 is 1.18 bits per heavy atom. The van der Waals surface area contributed by atoms with Crippen LogP contribution in [0.2, 0.25) is 0 Å². The molecule has 1 aliphatic carbocycles. The van der Waals surface area contributed by atoms with Gasteiger partial charge >= 0.3 is 0 Å². The van der Waals surface area contributed by atoms with Crippen LogP contribution in [0.4, 0.5) is 5.69 Å². The molecule has 1 aliphatic rings. The smallest absolute Gasteiger partial charge is 0.0779 e. The number of fused-ring (bicyclic) bond motifs is 3. The van der Waals surface area contributed by atoms with Crippen molar-refractivity contribution >= 4 is 29.3 Å². The predicted molar refractivity (Wildman–Crippen MR) is 143 cm³/mol. The summed E-state index contributed by atoms with van der Waals surface area (Å²) in [5.41, 5.74) is 11.9. The first-order chi connectivity index (χ1) is 16.3. The molecule has 5 aromatic carbocycles. The quantitative estimate of drug-likeness (QED) is 0.252. The summed E-state index contributed by atoms with van der Waals surface area (Å²) in [6.45, 7) is 6.02. The molecule has 0 unspecified atom stereocenters. The summed E-state index contributed by atoms with van der Waals surface area (Å²) in [7, 11) is 0. The molecule has 0 saturated heterocycles. The molecule has 0 fully saturated rings. The van der Waals surface area contributed by atoms with Crippen molar-refractivity contribution in [3.8, 4) is 44.5 Å². The van der Waals surface area contributed by atoms with E-state index in [4.69, 9.17) is 0 Å².